The molecule has 0 heterocycles. The molecular formula is C4H18O2Si4. The molecule has 2 nitrogen and oxygen atoms in total. The normalized spacial score (nSPS) is 16.8. The third-order valence-electron chi connectivity index (χ3n) is 0.956. The smallest absolute Gasteiger partial charge is 0.171 e. The van der Waals surface area contributed by atoms with E-state index in [1.165, 1.54) is 0 Å². The fourth-order valence-corrected chi connectivity index (χ4v) is 17.2. The van der Waals surface area contributed by atoms with E-state index in [-0.39, 0.29) is 9.28 Å². The van der Waals surface area contributed by atoms with Crippen molar-refractivity contribution in [3.05, 3.63) is 0 Å². The molecule has 0 aromatic rings. The largest absolute Gasteiger partial charge is 0.468 e. The van der Waals surface area contributed by atoms with Crippen LogP contribution < -0.4 is 0 Å². The Morgan fingerprint density at radius 2 is 1.90 bits per heavy atom. The number of hydrogen-bond donors (Lipinski definition) is 0. The molecule has 0 spiro atoms. The van der Waals surface area contributed by atoms with Crippen molar-refractivity contribution in [1.29, 1.82) is 0 Å². The van der Waals surface area contributed by atoms with Crippen LogP contribution in [-0.2, 0) is 8.23 Å². The minimum absolute atomic E-state index is 0.221. The highest BCUT2D eigenvalue weighted by atomic mass is 29.2. The second kappa shape index (κ2) is 4.62. The monoisotopic (exact) mass is 210 g/mol. The van der Waals surface area contributed by atoms with Crippen LogP contribution in [0.5, 0.6) is 0 Å². The quantitative estimate of drug-likeness (QED) is 0.558. The maximum Gasteiger partial charge on any atom is 0.171 e. The first-order valence-electron chi connectivity index (χ1n) is 3.62. The van der Waals surface area contributed by atoms with Crippen molar-refractivity contribution in [3.63, 3.8) is 0 Å². The molecular weight excluding hydrogens is 192 g/mol. The van der Waals surface area contributed by atoms with Gasteiger partial charge in [0, 0.05) is 0 Å². The lowest BCUT2D eigenvalue weighted by atomic mass is 11.8. The van der Waals surface area contributed by atoms with E-state index in [2.05, 4.69) is 26.2 Å². The SMILES string of the molecule is C[SiH](O[Si](C)(C)C)[SiH2]O[SiH3]. The van der Waals surface area contributed by atoms with Gasteiger partial charge in [0.05, 0.1) is 0 Å². The molecule has 0 amide bonds. The molecule has 1 atom stereocenters. The third kappa shape index (κ3) is 6.90. The minimum atomic E-state index is -1.23. The van der Waals surface area contributed by atoms with Crippen LogP contribution in [0.25, 0.3) is 0 Å². The summed E-state index contributed by atoms with van der Waals surface area (Å²) in [6.07, 6.45) is 0. The second-order valence-electron chi connectivity index (χ2n) is 3.50. The van der Waals surface area contributed by atoms with Crippen molar-refractivity contribution in [2.24, 2.45) is 0 Å². The first-order chi connectivity index (χ1) is 4.45. The third-order valence-corrected chi connectivity index (χ3v) is 13.1. The Hall–Kier alpha value is 0.788. The lowest BCUT2D eigenvalue weighted by Crippen LogP contribution is -2.37. The van der Waals surface area contributed by atoms with Crippen molar-refractivity contribution in [2.45, 2.75) is 26.2 Å². The van der Waals surface area contributed by atoms with E-state index in [1.807, 2.05) is 0 Å². The standard InChI is InChI=1S/C4H18O2Si4/c1-9(8-5-7)6-10(2,3)4/h9H,8H2,1-4,7H3. The molecule has 0 bridgehead atoms. The topological polar surface area (TPSA) is 18.5 Å². The molecule has 0 radical (unpaired) electrons. The zero-order valence-electron chi connectivity index (χ0n) is 7.60. The molecule has 10 heavy (non-hydrogen) atoms. The fraction of sp³-hybridized carbons (Fsp3) is 1.00. The molecule has 0 saturated heterocycles. The zero-order valence-corrected chi connectivity index (χ0v) is 13.2. The van der Waals surface area contributed by atoms with Crippen LogP contribution >= 0.6 is 0 Å². The van der Waals surface area contributed by atoms with Crippen molar-refractivity contribution in [2.75, 3.05) is 0 Å². The molecule has 0 aliphatic carbocycles. The average molecular weight is 211 g/mol. The molecule has 0 rings (SSSR count). The van der Waals surface area contributed by atoms with E-state index in [9.17, 15) is 0 Å². The highest BCUT2D eigenvalue weighted by Crippen LogP contribution is 2.03. The summed E-state index contributed by atoms with van der Waals surface area (Å²) in [5.41, 5.74) is 0. The molecule has 0 fully saturated rings. The molecule has 0 aromatic heterocycles. The van der Waals surface area contributed by atoms with Crippen LogP contribution in [-0.4, -0.2) is 36.6 Å². The molecule has 0 aliphatic rings. The van der Waals surface area contributed by atoms with Gasteiger partial charge < -0.3 is 8.23 Å². The van der Waals surface area contributed by atoms with Gasteiger partial charge in [-0.1, -0.05) is 6.55 Å². The Bertz CT molecular complexity index is 91.7. The molecule has 0 aliphatic heterocycles. The number of hydrogen-bond acceptors (Lipinski definition) is 2. The van der Waals surface area contributed by atoms with Gasteiger partial charge in [-0.2, -0.15) is 0 Å². The second-order valence-corrected chi connectivity index (χ2v) is 17.4. The van der Waals surface area contributed by atoms with Crippen LogP contribution in [0.4, 0.5) is 0 Å². The highest BCUT2D eigenvalue weighted by molar-refractivity contribution is 7.09. The van der Waals surface area contributed by atoms with Crippen LogP contribution in [0.2, 0.25) is 26.2 Å². The van der Waals surface area contributed by atoms with Gasteiger partial charge >= 0.3 is 0 Å². The molecule has 0 N–H and O–H groups in total. The van der Waals surface area contributed by atoms with Crippen molar-refractivity contribution >= 4 is 36.6 Å². The van der Waals surface area contributed by atoms with Crippen molar-refractivity contribution in [3.8, 4) is 0 Å². The molecule has 6 heteroatoms. The van der Waals surface area contributed by atoms with Gasteiger partial charge in [-0.3, -0.25) is 0 Å². The van der Waals surface area contributed by atoms with Crippen LogP contribution in [0.1, 0.15) is 0 Å². The maximum absolute atomic E-state index is 5.91. The van der Waals surface area contributed by atoms with Gasteiger partial charge in [0.25, 0.3) is 0 Å². The van der Waals surface area contributed by atoms with E-state index in [1.54, 1.807) is 0 Å². The Labute approximate surface area is 71.4 Å². The summed E-state index contributed by atoms with van der Waals surface area (Å²) in [4.78, 5) is 0. The highest BCUT2D eigenvalue weighted by Gasteiger charge is 2.18. The van der Waals surface area contributed by atoms with Gasteiger partial charge in [0.2, 0.25) is 0 Å². The van der Waals surface area contributed by atoms with Crippen molar-refractivity contribution < 1.29 is 8.23 Å². The summed E-state index contributed by atoms with van der Waals surface area (Å²) in [6, 6.07) is 0. The average Bonchev–Trinajstić information content (AvgIpc) is 1.59. The summed E-state index contributed by atoms with van der Waals surface area (Å²) in [5, 5.41) is 0. The fourth-order valence-electron chi connectivity index (χ4n) is 0.872. The van der Waals surface area contributed by atoms with Crippen LogP contribution in [0.3, 0.4) is 0 Å². The predicted octanol–water partition coefficient (Wildman–Crippen LogP) is -0.931. The molecule has 0 aromatic carbocycles. The summed E-state index contributed by atoms with van der Waals surface area (Å²) in [7, 11) is -1.35. The Morgan fingerprint density at radius 3 is 2.20 bits per heavy atom. The predicted molar refractivity (Wildman–Crippen MR) is 57.0 cm³/mol. The van der Waals surface area contributed by atoms with E-state index in [0.717, 1.165) is 10.5 Å². The molecule has 62 valence electrons. The Morgan fingerprint density at radius 1 is 1.40 bits per heavy atom. The van der Waals surface area contributed by atoms with E-state index in [0.29, 0.717) is 0 Å². The first kappa shape index (κ1) is 10.8. The Balaban J connectivity index is 3.47. The lowest BCUT2D eigenvalue weighted by molar-refractivity contribution is 0.581. The maximum atomic E-state index is 5.91. The van der Waals surface area contributed by atoms with Gasteiger partial charge in [-0.15, -0.1) is 0 Å². The minimum Gasteiger partial charge on any atom is -0.468 e. The Kier molecular flexibility index (Phi) is 4.99. The summed E-state index contributed by atoms with van der Waals surface area (Å²) in [5.74, 6) is 0. The first-order valence-corrected chi connectivity index (χ1v) is 13.3. The van der Waals surface area contributed by atoms with Gasteiger partial charge in [-0.25, -0.2) is 0 Å². The summed E-state index contributed by atoms with van der Waals surface area (Å²) >= 11 is 0. The van der Waals surface area contributed by atoms with Crippen LogP contribution in [0.15, 0.2) is 0 Å². The summed E-state index contributed by atoms with van der Waals surface area (Å²) < 4.78 is 11.2. The molecule has 0 saturated carbocycles. The van der Waals surface area contributed by atoms with Gasteiger partial charge in [0.1, 0.15) is 10.5 Å². The van der Waals surface area contributed by atoms with E-state index >= 15 is 0 Å². The van der Waals surface area contributed by atoms with Crippen molar-refractivity contribution in [1.82, 2.24) is 0 Å². The molecule has 1 unspecified atom stereocenters. The zero-order chi connectivity index (χ0) is 8.20. The number of rotatable bonds is 4. The van der Waals surface area contributed by atoms with Crippen LogP contribution in [0, 0.1) is 0 Å². The van der Waals surface area contributed by atoms with E-state index in [4.69, 9.17) is 8.23 Å². The van der Waals surface area contributed by atoms with Gasteiger partial charge in [0.15, 0.2) is 26.2 Å². The van der Waals surface area contributed by atoms with Gasteiger partial charge in [-0.05, 0) is 19.6 Å². The summed E-state index contributed by atoms with van der Waals surface area (Å²) in [6.45, 7) is 9.01. The van der Waals surface area contributed by atoms with E-state index < -0.39 is 16.9 Å². The lowest BCUT2D eigenvalue weighted by Gasteiger charge is -2.22.